The van der Waals surface area contributed by atoms with Gasteiger partial charge in [-0.3, -0.25) is 4.79 Å². The van der Waals surface area contributed by atoms with Gasteiger partial charge in [0.1, 0.15) is 29.9 Å². The van der Waals surface area contributed by atoms with Crippen LogP contribution in [0.4, 0.5) is 8.78 Å². The first-order valence-electron chi connectivity index (χ1n) is 8.38. The average molecular weight is 377 g/mol. The summed E-state index contributed by atoms with van der Waals surface area (Å²) in [5, 5.41) is 18.6. The minimum atomic E-state index is -1.48. The number of amides is 1. The highest BCUT2D eigenvalue weighted by Crippen LogP contribution is 2.27. The fourth-order valence-corrected chi connectivity index (χ4v) is 2.78. The van der Waals surface area contributed by atoms with Gasteiger partial charge in [-0.2, -0.15) is 5.26 Å². The summed E-state index contributed by atoms with van der Waals surface area (Å²) in [7, 11) is 0. The van der Waals surface area contributed by atoms with Crippen molar-refractivity contribution in [1.29, 1.82) is 5.26 Å². The SMILES string of the molecule is C=C/C(F)=C(\N)c1ccc(OC2CCN(C(=O)C(C)O)CC2F)c(C#N)c1. The molecule has 3 atom stereocenters. The predicted molar refractivity (Wildman–Crippen MR) is 95.8 cm³/mol. The van der Waals surface area contributed by atoms with Crippen LogP contribution in [0.5, 0.6) is 5.75 Å². The molecule has 27 heavy (non-hydrogen) atoms. The largest absolute Gasteiger partial charge is 0.486 e. The number of halogens is 2. The molecule has 1 saturated heterocycles. The lowest BCUT2D eigenvalue weighted by molar-refractivity contribution is -0.143. The van der Waals surface area contributed by atoms with E-state index in [2.05, 4.69) is 6.58 Å². The molecule has 3 N–H and O–H groups in total. The minimum absolute atomic E-state index is 0.0852. The van der Waals surface area contributed by atoms with Crippen LogP contribution in [0.3, 0.4) is 0 Å². The van der Waals surface area contributed by atoms with Gasteiger partial charge in [0.05, 0.1) is 17.8 Å². The number of aliphatic hydroxyl groups is 1. The van der Waals surface area contributed by atoms with E-state index in [4.69, 9.17) is 10.5 Å². The van der Waals surface area contributed by atoms with Crippen molar-refractivity contribution >= 4 is 11.6 Å². The summed E-state index contributed by atoms with van der Waals surface area (Å²) in [6, 6.07) is 6.17. The van der Waals surface area contributed by atoms with Gasteiger partial charge >= 0.3 is 0 Å². The summed E-state index contributed by atoms with van der Waals surface area (Å²) >= 11 is 0. The molecule has 1 fully saturated rings. The Bertz CT molecular complexity index is 802. The molecule has 8 heteroatoms. The van der Waals surface area contributed by atoms with Gasteiger partial charge in [0.15, 0.2) is 6.17 Å². The molecular weight excluding hydrogens is 356 g/mol. The molecule has 3 unspecified atom stereocenters. The van der Waals surface area contributed by atoms with Crippen LogP contribution in [-0.4, -0.2) is 47.4 Å². The second-order valence-electron chi connectivity index (χ2n) is 6.21. The fourth-order valence-electron chi connectivity index (χ4n) is 2.78. The third kappa shape index (κ3) is 4.63. The van der Waals surface area contributed by atoms with Crippen LogP contribution < -0.4 is 10.5 Å². The number of rotatable bonds is 5. The summed E-state index contributed by atoms with van der Waals surface area (Å²) in [6.07, 6.45) is -2.35. The van der Waals surface area contributed by atoms with Gasteiger partial charge in [0.25, 0.3) is 5.91 Å². The van der Waals surface area contributed by atoms with Gasteiger partial charge < -0.3 is 20.5 Å². The van der Waals surface area contributed by atoms with Crippen LogP contribution in [-0.2, 0) is 4.79 Å². The number of benzene rings is 1. The first-order chi connectivity index (χ1) is 12.8. The zero-order valence-electron chi connectivity index (χ0n) is 14.9. The number of aliphatic hydroxyl groups excluding tert-OH is 1. The number of allylic oxidation sites excluding steroid dienone is 2. The summed E-state index contributed by atoms with van der Waals surface area (Å²) in [4.78, 5) is 13.0. The molecule has 2 rings (SSSR count). The van der Waals surface area contributed by atoms with Crippen molar-refractivity contribution in [2.45, 2.75) is 31.7 Å². The first kappa shape index (κ1) is 20.4. The van der Waals surface area contributed by atoms with Gasteiger partial charge in [-0.15, -0.1) is 0 Å². The summed E-state index contributed by atoms with van der Waals surface area (Å²) in [5.74, 6) is -1.10. The number of likely N-dealkylation sites (tertiary alicyclic amines) is 1. The van der Waals surface area contributed by atoms with Gasteiger partial charge in [0.2, 0.25) is 0 Å². The number of alkyl halides is 1. The Kier molecular flexibility index (Phi) is 6.53. The molecule has 0 aliphatic carbocycles. The predicted octanol–water partition coefficient (Wildman–Crippen LogP) is 2.04. The molecule has 0 bridgehead atoms. The van der Waals surface area contributed by atoms with Crippen molar-refractivity contribution < 1.29 is 23.4 Å². The van der Waals surface area contributed by atoms with E-state index >= 15 is 0 Å². The molecule has 144 valence electrons. The van der Waals surface area contributed by atoms with Crippen molar-refractivity contribution in [3.05, 3.63) is 47.8 Å². The molecule has 1 aliphatic heterocycles. The van der Waals surface area contributed by atoms with E-state index in [0.717, 1.165) is 6.08 Å². The first-order valence-corrected chi connectivity index (χ1v) is 8.38. The zero-order valence-corrected chi connectivity index (χ0v) is 14.9. The molecule has 1 heterocycles. The lowest BCUT2D eigenvalue weighted by Gasteiger charge is -2.35. The molecular formula is C19H21F2N3O3. The molecule has 0 saturated carbocycles. The van der Waals surface area contributed by atoms with Crippen molar-refractivity contribution in [2.75, 3.05) is 13.1 Å². The lowest BCUT2D eigenvalue weighted by Crippen LogP contribution is -2.51. The van der Waals surface area contributed by atoms with Crippen molar-refractivity contribution in [2.24, 2.45) is 5.73 Å². The molecule has 1 aromatic rings. The number of hydrogen-bond acceptors (Lipinski definition) is 5. The van der Waals surface area contributed by atoms with Crippen molar-refractivity contribution in [3.8, 4) is 11.8 Å². The smallest absolute Gasteiger partial charge is 0.251 e. The highest BCUT2D eigenvalue weighted by Gasteiger charge is 2.34. The Morgan fingerprint density at radius 2 is 2.30 bits per heavy atom. The second-order valence-corrected chi connectivity index (χ2v) is 6.21. The van der Waals surface area contributed by atoms with Crippen LogP contribution in [0, 0.1) is 11.3 Å². The Balaban J connectivity index is 2.15. The molecule has 1 amide bonds. The van der Waals surface area contributed by atoms with Crippen molar-refractivity contribution in [3.63, 3.8) is 0 Å². The third-order valence-electron chi connectivity index (χ3n) is 4.28. The zero-order chi connectivity index (χ0) is 20.1. The number of ether oxygens (including phenoxy) is 1. The van der Waals surface area contributed by atoms with Gasteiger partial charge in [-0.05, 0) is 31.2 Å². The van der Waals surface area contributed by atoms with E-state index in [9.17, 15) is 23.9 Å². The number of hydrogen-bond donors (Lipinski definition) is 2. The van der Waals surface area contributed by atoms with Crippen LogP contribution >= 0.6 is 0 Å². The standard InChI is InChI=1S/C19H21F2N3O3/c1-3-14(20)18(23)12-4-5-16(13(8-12)9-22)27-17-6-7-24(10-15(17)21)19(26)11(2)25/h3-5,8,11,15,17,25H,1,6-7,10,23H2,2H3/b18-14+. The molecule has 0 aromatic heterocycles. The molecule has 1 aliphatic rings. The number of nitrogens with zero attached hydrogens (tertiary/aromatic N) is 2. The number of carbonyl (C=O) groups excluding carboxylic acids is 1. The average Bonchev–Trinajstić information content (AvgIpc) is 2.67. The van der Waals surface area contributed by atoms with Crippen LogP contribution in [0.2, 0.25) is 0 Å². The number of carbonyl (C=O) groups is 1. The maximum Gasteiger partial charge on any atom is 0.251 e. The normalized spacial score (nSPS) is 21.7. The topological polar surface area (TPSA) is 99.6 Å². The number of nitriles is 1. The molecule has 6 nitrogen and oxygen atoms in total. The maximum absolute atomic E-state index is 14.4. The Morgan fingerprint density at radius 3 is 2.85 bits per heavy atom. The van der Waals surface area contributed by atoms with E-state index in [0.29, 0.717) is 0 Å². The highest BCUT2D eigenvalue weighted by molar-refractivity contribution is 5.80. The van der Waals surface area contributed by atoms with Crippen LogP contribution in [0.1, 0.15) is 24.5 Å². The summed E-state index contributed by atoms with van der Waals surface area (Å²) in [6.45, 7) is 4.65. The monoisotopic (exact) mass is 377 g/mol. The quantitative estimate of drug-likeness (QED) is 0.765. The molecule has 1 aromatic carbocycles. The van der Waals surface area contributed by atoms with Crippen LogP contribution in [0.25, 0.3) is 5.70 Å². The van der Waals surface area contributed by atoms with E-state index in [1.54, 1.807) is 0 Å². The second kappa shape index (κ2) is 8.64. The van der Waals surface area contributed by atoms with Gasteiger partial charge in [-0.25, -0.2) is 8.78 Å². The maximum atomic E-state index is 14.4. The van der Waals surface area contributed by atoms with Gasteiger partial charge in [0, 0.05) is 18.5 Å². The van der Waals surface area contributed by atoms with E-state index in [1.165, 1.54) is 30.0 Å². The Labute approximate surface area is 156 Å². The fraction of sp³-hybridized carbons (Fsp3) is 0.368. The Hall–Kier alpha value is -2.92. The summed E-state index contributed by atoms with van der Waals surface area (Å²) < 4.78 is 33.6. The van der Waals surface area contributed by atoms with Crippen LogP contribution in [0.15, 0.2) is 36.7 Å². The van der Waals surface area contributed by atoms with Crippen molar-refractivity contribution in [1.82, 2.24) is 4.90 Å². The van der Waals surface area contributed by atoms with E-state index in [1.807, 2.05) is 6.07 Å². The summed E-state index contributed by atoms with van der Waals surface area (Å²) in [5.41, 5.74) is 5.86. The lowest BCUT2D eigenvalue weighted by atomic mass is 10.0. The number of piperidine rings is 1. The number of nitrogens with two attached hydrogens (primary N) is 1. The van der Waals surface area contributed by atoms with E-state index < -0.39 is 30.1 Å². The van der Waals surface area contributed by atoms with E-state index in [-0.39, 0.29) is 42.1 Å². The molecule has 0 radical (unpaired) electrons. The minimum Gasteiger partial charge on any atom is -0.486 e. The Morgan fingerprint density at radius 1 is 1.59 bits per heavy atom. The molecule has 0 spiro atoms. The third-order valence-corrected chi connectivity index (χ3v) is 4.28. The van der Waals surface area contributed by atoms with Gasteiger partial charge in [-0.1, -0.05) is 6.58 Å². The highest BCUT2D eigenvalue weighted by atomic mass is 19.1.